The first-order chi connectivity index (χ1) is 15.4. The molecule has 3 aromatic rings. The molecule has 7 nitrogen and oxygen atoms in total. The maximum atomic E-state index is 13.2. The summed E-state index contributed by atoms with van der Waals surface area (Å²) >= 11 is 0. The monoisotopic (exact) mass is 453 g/mol. The van der Waals surface area contributed by atoms with E-state index in [-0.39, 0.29) is 10.8 Å². The summed E-state index contributed by atoms with van der Waals surface area (Å²) < 4.78 is 33.0. The van der Waals surface area contributed by atoms with Crippen molar-refractivity contribution in [2.75, 3.05) is 45.2 Å². The van der Waals surface area contributed by atoms with Crippen LogP contribution in [0.4, 0.5) is 5.69 Å². The summed E-state index contributed by atoms with van der Waals surface area (Å²) in [5.41, 5.74) is 0.974. The Morgan fingerprint density at radius 2 is 1.66 bits per heavy atom. The molecule has 0 radical (unpaired) electrons. The Morgan fingerprint density at radius 1 is 0.969 bits per heavy atom. The summed E-state index contributed by atoms with van der Waals surface area (Å²) in [7, 11) is -1.57. The first-order valence-electron chi connectivity index (χ1n) is 10.6. The van der Waals surface area contributed by atoms with Gasteiger partial charge >= 0.3 is 0 Å². The van der Waals surface area contributed by atoms with Gasteiger partial charge in [0.1, 0.15) is 5.75 Å². The molecular weight excluding hydrogens is 426 g/mol. The Balaban J connectivity index is 1.57. The van der Waals surface area contributed by atoms with Gasteiger partial charge in [0.2, 0.25) is 10.0 Å². The highest BCUT2D eigenvalue weighted by Gasteiger charge is 2.27. The number of carbonyl (C=O) groups excluding carboxylic acids is 1. The normalized spacial score (nSPS) is 15.6. The van der Waals surface area contributed by atoms with Crippen molar-refractivity contribution < 1.29 is 17.9 Å². The van der Waals surface area contributed by atoms with E-state index in [0.29, 0.717) is 49.8 Å². The van der Waals surface area contributed by atoms with Gasteiger partial charge in [0.05, 0.1) is 17.1 Å². The first kappa shape index (κ1) is 22.3. The van der Waals surface area contributed by atoms with Crippen molar-refractivity contribution in [2.24, 2.45) is 0 Å². The van der Waals surface area contributed by atoms with Crippen LogP contribution in [0.25, 0.3) is 10.8 Å². The molecule has 0 spiro atoms. The largest absolute Gasteiger partial charge is 0.493 e. The molecule has 1 N–H and O–H groups in total. The molecule has 4 rings (SSSR count). The Labute approximate surface area is 188 Å². The summed E-state index contributed by atoms with van der Waals surface area (Å²) in [6.45, 7) is 4.67. The molecule has 1 aliphatic rings. The third-order valence-corrected chi connectivity index (χ3v) is 7.54. The Bertz CT molecular complexity index is 1220. The van der Waals surface area contributed by atoms with Gasteiger partial charge in [-0.3, -0.25) is 4.79 Å². The van der Waals surface area contributed by atoms with Crippen molar-refractivity contribution in [1.82, 2.24) is 9.21 Å². The molecule has 1 fully saturated rings. The number of sulfonamides is 1. The highest BCUT2D eigenvalue weighted by Crippen LogP contribution is 2.29. The lowest BCUT2D eigenvalue weighted by molar-refractivity contribution is 0.102. The molecule has 1 heterocycles. The molecule has 32 heavy (non-hydrogen) atoms. The maximum Gasteiger partial charge on any atom is 0.260 e. The van der Waals surface area contributed by atoms with Gasteiger partial charge in [-0.15, -0.1) is 0 Å². The number of benzene rings is 3. The van der Waals surface area contributed by atoms with Crippen molar-refractivity contribution in [2.45, 2.75) is 11.8 Å². The van der Waals surface area contributed by atoms with Crippen LogP contribution >= 0.6 is 0 Å². The molecule has 0 bridgehead atoms. The minimum absolute atomic E-state index is 0.222. The molecule has 0 aromatic heterocycles. The quantitative estimate of drug-likeness (QED) is 0.619. The van der Waals surface area contributed by atoms with Crippen molar-refractivity contribution in [1.29, 1.82) is 0 Å². The van der Waals surface area contributed by atoms with E-state index in [2.05, 4.69) is 10.2 Å². The van der Waals surface area contributed by atoms with E-state index >= 15 is 0 Å². The molecule has 0 unspecified atom stereocenters. The van der Waals surface area contributed by atoms with Crippen molar-refractivity contribution in [3.63, 3.8) is 0 Å². The standard InChI is InChI=1S/C24H27N3O4S/c1-3-31-22-13-8-18-6-4-5-7-21(18)23(22)24(28)25-19-9-11-20(12-10-19)32(29,30)27-16-14-26(2)15-17-27/h4-13H,3,14-17H2,1-2H3,(H,25,28). The second kappa shape index (κ2) is 9.28. The molecular formula is C24H27N3O4S. The van der Waals surface area contributed by atoms with Gasteiger partial charge in [-0.2, -0.15) is 4.31 Å². The Kier molecular flexibility index (Phi) is 6.45. The van der Waals surface area contributed by atoms with E-state index in [1.54, 1.807) is 18.2 Å². The summed E-state index contributed by atoms with van der Waals surface area (Å²) in [5.74, 6) is 0.206. The van der Waals surface area contributed by atoms with Crippen molar-refractivity contribution in [3.05, 3.63) is 66.2 Å². The molecule has 8 heteroatoms. The van der Waals surface area contributed by atoms with Gasteiger partial charge in [-0.05, 0) is 55.1 Å². The number of nitrogens with zero attached hydrogens (tertiary/aromatic N) is 2. The van der Waals surface area contributed by atoms with Gasteiger partial charge in [-0.25, -0.2) is 8.42 Å². The lowest BCUT2D eigenvalue weighted by Gasteiger charge is -2.31. The zero-order valence-corrected chi connectivity index (χ0v) is 19.1. The number of hydrogen-bond donors (Lipinski definition) is 1. The molecule has 3 aromatic carbocycles. The van der Waals surface area contributed by atoms with E-state index in [4.69, 9.17) is 4.74 Å². The Morgan fingerprint density at radius 3 is 2.34 bits per heavy atom. The van der Waals surface area contributed by atoms with E-state index < -0.39 is 10.0 Å². The minimum atomic E-state index is -3.55. The van der Waals surface area contributed by atoms with E-state index in [1.165, 1.54) is 16.4 Å². The summed E-state index contributed by atoms with van der Waals surface area (Å²) in [6.07, 6.45) is 0. The van der Waals surface area contributed by atoms with Gasteiger partial charge < -0.3 is 15.0 Å². The number of ether oxygens (including phenoxy) is 1. The molecule has 1 aliphatic heterocycles. The van der Waals surface area contributed by atoms with Gasteiger partial charge in [-0.1, -0.05) is 30.3 Å². The number of fused-ring (bicyclic) bond motifs is 1. The van der Waals surface area contributed by atoms with Gasteiger partial charge in [0.15, 0.2) is 0 Å². The average Bonchev–Trinajstić information content (AvgIpc) is 2.79. The highest BCUT2D eigenvalue weighted by molar-refractivity contribution is 7.89. The van der Waals surface area contributed by atoms with Crippen LogP contribution < -0.4 is 10.1 Å². The van der Waals surface area contributed by atoms with Crippen LogP contribution in [-0.2, 0) is 10.0 Å². The predicted octanol–water partition coefficient (Wildman–Crippen LogP) is 3.43. The highest BCUT2D eigenvalue weighted by atomic mass is 32.2. The summed E-state index contributed by atoms with van der Waals surface area (Å²) in [6, 6.07) is 17.7. The van der Waals surface area contributed by atoms with Crippen LogP contribution in [0, 0.1) is 0 Å². The van der Waals surface area contributed by atoms with Crippen LogP contribution in [0.1, 0.15) is 17.3 Å². The second-order valence-electron chi connectivity index (χ2n) is 7.78. The topological polar surface area (TPSA) is 78.9 Å². The van der Waals surface area contributed by atoms with E-state index in [0.717, 1.165) is 10.8 Å². The predicted molar refractivity (Wildman–Crippen MR) is 126 cm³/mol. The van der Waals surface area contributed by atoms with Crippen LogP contribution in [-0.4, -0.2) is 63.4 Å². The fourth-order valence-corrected chi connectivity index (χ4v) is 5.27. The fourth-order valence-electron chi connectivity index (χ4n) is 3.84. The minimum Gasteiger partial charge on any atom is -0.493 e. The number of likely N-dealkylation sites (N-methyl/N-ethyl adjacent to an activating group) is 1. The maximum absolute atomic E-state index is 13.2. The van der Waals surface area contributed by atoms with Gasteiger partial charge in [0, 0.05) is 31.9 Å². The number of nitrogens with one attached hydrogen (secondary N) is 1. The molecule has 0 saturated carbocycles. The number of amides is 1. The fraction of sp³-hybridized carbons (Fsp3) is 0.292. The lowest BCUT2D eigenvalue weighted by Crippen LogP contribution is -2.46. The van der Waals surface area contributed by atoms with Crippen molar-refractivity contribution in [3.8, 4) is 5.75 Å². The average molecular weight is 454 g/mol. The SMILES string of the molecule is CCOc1ccc2ccccc2c1C(=O)Nc1ccc(S(=O)(=O)N2CCN(C)CC2)cc1. The molecule has 0 aliphatic carbocycles. The van der Waals surface area contributed by atoms with E-state index in [9.17, 15) is 13.2 Å². The zero-order chi connectivity index (χ0) is 22.7. The van der Waals surface area contributed by atoms with Crippen molar-refractivity contribution >= 4 is 32.4 Å². The zero-order valence-electron chi connectivity index (χ0n) is 18.2. The molecule has 1 amide bonds. The van der Waals surface area contributed by atoms with Crippen LogP contribution in [0.5, 0.6) is 5.75 Å². The van der Waals surface area contributed by atoms with Crippen LogP contribution in [0.2, 0.25) is 0 Å². The number of rotatable bonds is 6. The number of carbonyl (C=O) groups is 1. The number of anilines is 1. The summed E-state index contributed by atoms with van der Waals surface area (Å²) in [5, 5.41) is 4.62. The van der Waals surface area contributed by atoms with E-state index in [1.807, 2.05) is 44.3 Å². The van der Waals surface area contributed by atoms with Crippen LogP contribution in [0.3, 0.4) is 0 Å². The number of piperazine rings is 1. The first-order valence-corrected chi connectivity index (χ1v) is 12.1. The van der Waals surface area contributed by atoms with Gasteiger partial charge in [0.25, 0.3) is 5.91 Å². The third kappa shape index (κ3) is 4.48. The summed E-state index contributed by atoms with van der Waals surface area (Å²) in [4.78, 5) is 15.5. The van der Waals surface area contributed by atoms with Crippen LogP contribution in [0.15, 0.2) is 65.6 Å². The molecule has 168 valence electrons. The Hall–Kier alpha value is -2.94. The smallest absolute Gasteiger partial charge is 0.260 e. The lowest BCUT2D eigenvalue weighted by atomic mass is 10.0. The third-order valence-electron chi connectivity index (χ3n) is 5.63. The molecule has 0 atom stereocenters. The molecule has 1 saturated heterocycles. The number of hydrogen-bond acceptors (Lipinski definition) is 5. The second-order valence-corrected chi connectivity index (χ2v) is 9.72.